The second-order valence-corrected chi connectivity index (χ2v) is 9.60. The molecule has 0 bridgehead atoms. The van der Waals surface area contributed by atoms with E-state index in [1.165, 1.54) is 4.31 Å². The zero-order chi connectivity index (χ0) is 19.9. The van der Waals surface area contributed by atoms with Crippen LogP contribution in [0, 0.1) is 5.92 Å². The molecular weight excluding hydrogens is 428 g/mol. The summed E-state index contributed by atoms with van der Waals surface area (Å²) in [5, 5.41) is 2.81. The lowest BCUT2D eigenvalue weighted by Crippen LogP contribution is -2.40. The summed E-state index contributed by atoms with van der Waals surface area (Å²) in [5.41, 5.74) is 0.813. The highest BCUT2D eigenvalue weighted by Gasteiger charge is 2.26. The lowest BCUT2D eigenvalue weighted by atomic mass is 10.1. The Hall–Kier alpha value is -1.70. The third-order valence-electron chi connectivity index (χ3n) is 4.02. The summed E-state index contributed by atoms with van der Waals surface area (Å²) in [6.07, 6.45) is 0.851. The third-order valence-corrected chi connectivity index (χ3v) is 6.35. The lowest BCUT2D eigenvalue weighted by Gasteiger charge is -2.22. The number of hydrogen-bond acceptors (Lipinski definition) is 3. The van der Waals surface area contributed by atoms with E-state index in [1.807, 2.05) is 24.3 Å². The van der Waals surface area contributed by atoms with Crippen LogP contribution in [0.4, 0.5) is 0 Å². The zero-order valence-corrected chi connectivity index (χ0v) is 18.0. The van der Waals surface area contributed by atoms with Gasteiger partial charge in [-0.2, -0.15) is 4.31 Å². The molecule has 0 aliphatic carbocycles. The van der Waals surface area contributed by atoms with E-state index in [1.54, 1.807) is 30.3 Å². The maximum atomic E-state index is 13.1. The van der Waals surface area contributed by atoms with Crippen molar-refractivity contribution in [2.75, 3.05) is 13.1 Å². The molecule has 0 heterocycles. The molecule has 0 radical (unpaired) electrons. The summed E-state index contributed by atoms with van der Waals surface area (Å²) in [5.74, 6) is 0.171. The Bertz CT molecular complexity index is 837. The van der Waals surface area contributed by atoms with Crippen LogP contribution in [0.25, 0.3) is 0 Å². The van der Waals surface area contributed by atoms with Crippen molar-refractivity contribution in [3.63, 3.8) is 0 Å². The van der Waals surface area contributed by atoms with Crippen molar-refractivity contribution in [3.05, 3.63) is 64.6 Å². The minimum absolute atomic E-state index is 0.127. The molecule has 27 heavy (non-hydrogen) atoms. The number of benzene rings is 2. The van der Waals surface area contributed by atoms with Crippen LogP contribution in [0.15, 0.2) is 64.0 Å². The van der Waals surface area contributed by atoms with Crippen LogP contribution in [0.3, 0.4) is 0 Å². The maximum Gasteiger partial charge on any atom is 0.243 e. The summed E-state index contributed by atoms with van der Waals surface area (Å²) < 4.78 is 28.2. The first-order valence-electron chi connectivity index (χ1n) is 8.85. The largest absolute Gasteiger partial charge is 0.355 e. The highest BCUT2D eigenvalue weighted by atomic mass is 79.9. The zero-order valence-electron chi connectivity index (χ0n) is 15.6. The smallest absolute Gasteiger partial charge is 0.243 e. The predicted molar refractivity (Wildman–Crippen MR) is 111 cm³/mol. The number of rotatable bonds is 9. The Labute approximate surface area is 170 Å². The van der Waals surface area contributed by atoms with Crippen molar-refractivity contribution < 1.29 is 13.2 Å². The van der Waals surface area contributed by atoms with Crippen LogP contribution in [0.5, 0.6) is 0 Å². The Morgan fingerprint density at radius 1 is 1.07 bits per heavy atom. The Morgan fingerprint density at radius 2 is 1.70 bits per heavy atom. The highest BCUT2D eigenvalue weighted by molar-refractivity contribution is 9.10. The van der Waals surface area contributed by atoms with Gasteiger partial charge in [0.2, 0.25) is 15.9 Å². The van der Waals surface area contributed by atoms with Gasteiger partial charge in [0.25, 0.3) is 0 Å². The molecule has 0 aromatic heterocycles. The molecule has 146 valence electrons. The van der Waals surface area contributed by atoms with Crippen molar-refractivity contribution in [1.29, 1.82) is 0 Å². The topological polar surface area (TPSA) is 66.5 Å². The highest BCUT2D eigenvalue weighted by Crippen LogP contribution is 2.19. The average molecular weight is 453 g/mol. The standard InChI is InChI=1S/C20H25BrN2O3S/c1-16(2)12-13-22-20(24)15-23(14-17-8-10-18(21)11-9-17)27(25,26)19-6-4-3-5-7-19/h3-11,16H,12-15H2,1-2H3,(H,22,24). The Kier molecular flexibility index (Phi) is 8.01. The molecule has 0 aliphatic heterocycles. The molecule has 1 amide bonds. The molecule has 0 saturated carbocycles. The summed E-state index contributed by atoms with van der Waals surface area (Å²) >= 11 is 3.37. The second-order valence-electron chi connectivity index (χ2n) is 6.75. The first-order valence-corrected chi connectivity index (χ1v) is 11.1. The van der Waals surface area contributed by atoms with Crippen molar-refractivity contribution >= 4 is 31.9 Å². The third kappa shape index (κ3) is 6.75. The van der Waals surface area contributed by atoms with Gasteiger partial charge in [-0.1, -0.05) is 60.1 Å². The fourth-order valence-corrected chi connectivity index (χ4v) is 4.15. The first-order chi connectivity index (χ1) is 12.8. The van der Waals surface area contributed by atoms with Crippen LogP contribution in [-0.2, 0) is 21.4 Å². The van der Waals surface area contributed by atoms with Crippen molar-refractivity contribution in [3.8, 4) is 0 Å². The van der Waals surface area contributed by atoms with Gasteiger partial charge in [0.15, 0.2) is 0 Å². The molecule has 1 N–H and O–H groups in total. The number of halogens is 1. The monoisotopic (exact) mass is 452 g/mol. The molecule has 0 spiro atoms. The molecule has 2 rings (SSSR count). The molecular formula is C20H25BrN2O3S. The quantitative estimate of drug-likeness (QED) is 0.628. The van der Waals surface area contributed by atoms with E-state index in [-0.39, 0.29) is 23.9 Å². The Balaban J connectivity index is 2.20. The molecule has 5 nitrogen and oxygen atoms in total. The van der Waals surface area contributed by atoms with Crippen LogP contribution < -0.4 is 5.32 Å². The van der Waals surface area contributed by atoms with E-state index in [0.717, 1.165) is 16.5 Å². The molecule has 0 fully saturated rings. The molecule has 2 aromatic rings. The minimum atomic E-state index is -3.79. The van der Waals surface area contributed by atoms with Crippen molar-refractivity contribution in [2.45, 2.75) is 31.7 Å². The van der Waals surface area contributed by atoms with Gasteiger partial charge in [-0.3, -0.25) is 4.79 Å². The Morgan fingerprint density at radius 3 is 2.30 bits per heavy atom. The van der Waals surface area contributed by atoms with Gasteiger partial charge in [-0.05, 0) is 42.2 Å². The van der Waals surface area contributed by atoms with Gasteiger partial charge >= 0.3 is 0 Å². The molecule has 0 unspecified atom stereocenters. The fraction of sp³-hybridized carbons (Fsp3) is 0.350. The van der Waals surface area contributed by atoms with Gasteiger partial charge in [0.1, 0.15) is 0 Å². The number of sulfonamides is 1. The number of nitrogens with one attached hydrogen (secondary N) is 1. The van der Waals surface area contributed by atoms with Gasteiger partial charge in [-0.25, -0.2) is 8.42 Å². The van der Waals surface area contributed by atoms with E-state index in [2.05, 4.69) is 35.1 Å². The SMILES string of the molecule is CC(C)CCNC(=O)CN(Cc1ccc(Br)cc1)S(=O)(=O)c1ccccc1. The molecule has 0 aliphatic rings. The van der Waals surface area contributed by atoms with Gasteiger partial charge in [0.05, 0.1) is 11.4 Å². The maximum absolute atomic E-state index is 13.1. The average Bonchev–Trinajstić information content (AvgIpc) is 2.63. The van der Waals surface area contributed by atoms with Gasteiger partial charge in [-0.15, -0.1) is 0 Å². The fourth-order valence-electron chi connectivity index (χ4n) is 2.48. The van der Waals surface area contributed by atoms with E-state index < -0.39 is 10.0 Å². The van der Waals surface area contributed by atoms with E-state index in [0.29, 0.717) is 12.5 Å². The van der Waals surface area contributed by atoms with Crippen LogP contribution in [-0.4, -0.2) is 31.7 Å². The number of hydrogen-bond donors (Lipinski definition) is 1. The molecule has 7 heteroatoms. The van der Waals surface area contributed by atoms with Crippen molar-refractivity contribution in [1.82, 2.24) is 9.62 Å². The first kappa shape index (κ1) is 21.6. The van der Waals surface area contributed by atoms with E-state index in [9.17, 15) is 13.2 Å². The normalized spacial score (nSPS) is 11.7. The predicted octanol–water partition coefficient (Wildman–Crippen LogP) is 3.80. The van der Waals surface area contributed by atoms with Crippen LogP contribution in [0.2, 0.25) is 0 Å². The van der Waals surface area contributed by atoms with Gasteiger partial charge < -0.3 is 5.32 Å². The number of nitrogens with zero attached hydrogens (tertiary/aromatic N) is 1. The summed E-state index contributed by atoms with van der Waals surface area (Å²) in [7, 11) is -3.79. The van der Waals surface area contributed by atoms with Gasteiger partial charge in [0, 0.05) is 17.6 Å². The number of carbonyl (C=O) groups is 1. The van der Waals surface area contributed by atoms with E-state index in [4.69, 9.17) is 0 Å². The summed E-state index contributed by atoms with van der Waals surface area (Å²) in [4.78, 5) is 12.5. The molecule has 0 saturated heterocycles. The summed E-state index contributed by atoms with van der Waals surface area (Å²) in [6, 6.07) is 15.6. The minimum Gasteiger partial charge on any atom is -0.355 e. The second kappa shape index (κ2) is 10.0. The summed E-state index contributed by atoms with van der Waals surface area (Å²) in [6.45, 7) is 4.60. The van der Waals surface area contributed by atoms with E-state index >= 15 is 0 Å². The van der Waals surface area contributed by atoms with Crippen LogP contribution >= 0.6 is 15.9 Å². The number of amides is 1. The van der Waals surface area contributed by atoms with Crippen molar-refractivity contribution in [2.24, 2.45) is 5.92 Å². The number of carbonyl (C=O) groups excluding carboxylic acids is 1. The lowest BCUT2D eigenvalue weighted by molar-refractivity contribution is -0.121. The molecule has 0 atom stereocenters. The van der Waals surface area contributed by atoms with Crippen LogP contribution in [0.1, 0.15) is 25.8 Å². The molecule has 2 aromatic carbocycles.